The molecule has 0 N–H and O–H groups in total. The van der Waals surface area contributed by atoms with E-state index in [-0.39, 0.29) is 12.1 Å². The van der Waals surface area contributed by atoms with Gasteiger partial charge in [0.2, 0.25) is 5.91 Å². The Kier molecular flexibility index (Phi) is 5.64. The van der Waals surface area contributed by atoms with Crippen LogP contribution in [-0.2, 0) is 11.2 Å². The van der Waals surface area contributed by atoms with Crippen LogP contribution in [-0.4, -0.2) is 41.0 Å². The number of anilines is 1. The van der Waals surface area contributed by atoms with Gasteiger partial charge in [0.1, 0.15) is 6.17 Å². The van der Waals surface area contributed by atoms with Gasteiger partial charge in [-0.25, -0.2) is 0 Å². The summed E-state index contributed by atoms with van der Waals surface area (Å²) in [4.78, 5) is 21.2. The van der Waals surface area contributed by atoms with E-state index in [4.69, 9.17) is 10.3 Å². The molecule has 1 aromatic rings. The Morgan fingerprint density at radius 1 is 1.36 bits per heavy atom. The van der Waals surface area contributed by atoms with Crippen molar-refractivity contribution in [3.8, 4) is 6.07 Å². The average Bonchev–Trinajstić information content (AvgIpc) is 3.22. The Morgan fingerprint density at radius 2 is 2.04 bits per heavy atom. The number of amides is 1. The summed E-state index contributed by atoms with van der Waals surface area (Å²) in [6.45, 7) is 1.60. The Labute approximate surface area is 153 Å². The summed E-state index contributed by atoms with van der Waals surface area (Å²) in [6, 6.07) is 10.3. The summed E-state index contributed by atoms with van der Waals surface area (Å²) < 4.78 is 0. The zero-order valence-corrected chi connectivity index (χ0v) is 15.6. The van der Waals surface area contributed by atoms with Gasteiger partial charge < -0.3 is 4.90 Å². The fourth-order valence-corrected chi connectivity index (χ4v) is 4.70. The lowest BCUT2D eigenvalue weighted by atomic mass is 10.1. The van der Waals surface area contributed by atoms with Crippen molar-refractivity contribution < 1.29 is 4.79 Å². The van der Waals surface area contributed by atoms with E-state index in [0.717, 1.165) is 22.2 Å². The number of nitriles is 1. The minimum absolute atomic E-state index is 0.0209. The first-order valence-corrected chi connectivity index (χ1v) is 9.78. The molecule has 1 aromatic carbocycles. The van der Waals surface area contributed by atoms with Crippen molar-refractivity contribution in [1.82, 2.24) is 4.90 Å². The molecule has 0 radical (unpaired) electrons. The molecule has 2 aliphatic rings. The van der Waals surface area contributed by atoms with Gasteiger partial charge in [-0.2, -0.15) is 5.26 Å². The number of amidine groups is 1. The van der Waals surface area contributed by atoms with Crippen molar-refractivity contribution in [1.29, 1.82) is 5.26 Å². The summed E-state index contributed by atoms with van der Waals surface area (Å²) >= 11 is 1.74. The molecule has 1 atom stereocenters. The maximum atomic E-state index is 12.3. The van der Waals surface area contributed by atoms with Crippen molar-refractivity contribution in [3.05, 3.63) is 29.8 Å². The second-order valence-corrected chi connectivity index (χ2v) is 7.63. The second kappa shape index (κ2) is 7.92. The van der Waals surface area contributed by atoms with Crippen LogP contribution >= 0.6 is 11.8 Å². The van der Waals surface area contributed by atoms with Crippen molar-refractivity contribution in [3.63, 3.8) is 0 Å². The van der Waals surface area contributed by atoms with Crippen molar-refractivity contribution in [2.75, 3.05) is 17.7 Å². The number of thioether (sulfide) groups is 1. The summed E-state index contributed by atoms with van der Waals surface area (Å²) in [5.74, 6) is 0.842. The van der Waals surface area contributed by atoms with Crippen LogP contribution in [0, 0.1) is 11.3 Å². The minimum atomic E-state index is -0.0236. The Balaban J connectivity index is 1.79. The molecule has 1 aliphatic carbocycles. The molecular weight excluding hydrogens is 332 g/mol. The third kappa shape index (κ3) is 3.98. The maximum Gasteiger partial charge on any atom is 0.225 e. The van der Waals surface area contributed by atoms with Crippen molar-refractivity contribution in [2.24, 2.45) is 4.99 Å². The lowest BCUT2D eigenvalue weighted by Crippen LogP contribution is -2.48. The highest BCUT2D eigenvalue weighted by molar-refractivity contribution is 8.14. The maximum absolute atomic E-state index is 12.3. The van der Waals surface area contributed by atoms with Crippen LogP contribution in [0.2, 0.25) is 0 Å². The molecule has 0 spiro atoms. The lowest BCUT2D eigenvalue weighted by Gasteiger charge is -2.33. The predicted octanol–water partition coefficient (Wildman–Crippen LogP) is 3.41. The van der Waals surface area contributed by atoms with Crippen molar-refractivity contribution in [2.45, 2.75) is 51.2 Å². The molecule has 5 nitrogen and oxygen atoms in total. The van der Waals surface area contributed by atoms with E-state index < -0.39 is 0 Å². The fourth-order valence-electron chi connectivity index (χ4n) is 3.49. The lowest BCUT2D eigenvalue weighted by molar-refractivity contribution is -0.117. The van der Waals surface area contributed by atoms with E-state index in [0.29, 0.717) is 12.5 Å². The zero-order valence-electron chi connectivity index (χ0n) is 14.8. The topological polar surface area (TPSA) is 59.7 Å². The molecule has 1 saturated carbocycles. The molecule has 0 bridgehead atoms. The quantitative estimate of drug-likeness (QED) is 0.829. The van der Waals surface area contributed by atoms with Gasteiger partial charge >= 0.3 is 0 Å². The standard InChI is InChI=1S/C19H24N4OS/c1-14(24)23(17-9-7-15(8-10-17)11-12-20)18-13-25-19(22(18)2)21-16-5-3-4-6-16/h7-10,16,18H,3-6,11,13H2,1-2H3. The molecule has 0 aromatic heterocycles. The molecule has 132 valence electrons. The van der Waals surface area contributed by atoms with E-state index in [2.05, 4.69) is 11.0 Å². The van der Waals surface area contributed by atoms with E-state index in [9.17, 15) is 4.79 Å². The van der Waals surface area contributed by atoms with Gasteiger partial charge in [-0.1, -0.05) is 36.7 Å². The number of rotatable bonds is 4. The molecule has 6 heteroatoms. The predicted molar refractivity (Wildman–Crippen MR) is 103 cm³/mol. The summed E-state index contributed by atoms with van der Waals surface area (Å²) in [5, 5.41) is 9.85. The van der Waals surface area contributed by atoms with E-state index in [1.807, 2.05) is 36.2 Å². The molecule has 1 heterocycles. The first-order valence-electron chi connectivity index (χ1n) is 8.79. The van der Waals surface area contributed by atoms with Gasteiger partial charge in [0, 0.05) is 25.4 Å². The Hall–Kier alpha value is -2.00. The van der Waals surface area contributed by atoms with Crippen LogP contribution in [0.3, 0.4) is 0 Å². The van der Waals surface area contributed by atoms with Crippen molar-refractivity contribution >= 4 is 28.5 Å². The SMILES string of the molecule is CC(=O)N(c1ccc(CC#N)cc1)C1CSC(=NC2CCCC2)N1C. The molecule has 3 rings (SSSR count). The average molecular weight is 356 g/mol. The van der Waals surface area contributed by atoms with E-state index in [1.165, 1.54) is 25.7 Å². The molecule has 1 saturated heterocycles. The van der Waals surface area contributed by atoms with Crippen LogP contribution in [0.1, 0.15) is 38.2 Å². The highest BCUT2D eigenvalue weighted by atomic mass is 32.2. The third-order valence-electron chi connectivity index (χ3n) is 4.86. The number of carbonyl (C=O) groups is 1. The first kappa shape index (κ1) is 17.8. The molecule has 25 heavy (non-hydrogen) atoms. The molecule has 1 aliphatic heterocycles. The zero-order chi connectivity index (χ0) is 17.8. The minimum Gasteiger partial charge on any atom is -0.333 e. The van der Waals surface area contributed by atoms with Crippen LogP contribution in [0.15, 0.2) is 29.3 Å². The van der Waals surface area contributed by atoms with Crippen LogP contribution in [0.25, 0.3) is 0 Å². The van der Waals surface area contributed by atoms with Gasteiger partial charge in [0.15, 0.2) is 5.17 Å². The van der Waals surface area contributed by atoms with Gasteiger partial charge in [0.25, 0.3) is 0 Å². The number of aliphatic imine (C=N–C) groups is 1. The van der Waals surface area contributed by atoms with Gasteiger partial charge in [0.05, 0.1) is 18.5 Å². The Bertz CT molecular complexity index is 688. The van der Waals surface area contributed by atoms with Gasteiger partial charge in [-0.3, -0.25) is 14.7 Å². The number of nitrogens with zero attached hydrogens (tertiary/aromatic N) is 4. The highest BCUT2D eigenvalue weighted by Gasteiger charge is 2.35. The first-order chi connectivity index (χ1) is 12.1. The summed E-state index contributed by atoms with van der Waals surface area (Å²) in [5.41, 5.74) is 1.83. The monoisotopic (exact) mass is 356 g/mol. The molecule has 2 fully saturated rings. The number of hydrogen-bond acceptors (Lipinski definition) is 4. The normalized spacial score (nSPS) is 22.4. The number of benzene rings is 1. The Morgan fingerprint density at radius 3 is 2.64 bits per heavy atom. The number of hydrogen-bond donors (Lipinski definition) is 0. The van der Waals surface area contributed by atoms with Crippen LogP contribution in [0.5, 0.6) is 0 Å². The van der Waals surface area contributed by atoms with E-state index in [1.54, 1.807) is 18.7 Å². The van der Waals surface area contributed by atoms with Gasteiger partial charge in [-0.05, 0) is 30.5 Å². The largest absolute Gasteiger partial charge is 0.333 e. The number of carbonyl (C=O) groups excluding carboxylic acids is 1. The molecule has 1 unspecified atom stereocenters. The van der Waals surface area contributed by atoms with Gasteiger partial charge in [-0.15, -0.1) is 0 Å². The summed E-state index contributed by atoms with van der Waals surface area (Å²) in [6.07, 6.45) is 5.27. The van der Waals surface area contributed by atoms with E-state index >= 15 is 0 Å². The molecular formula is C19H24N4OS. The smallest absolute Gasteiger partial charge is 0.225 e. The summed E-state index contributed by atoms with van der Waals surface area (Å²) in [7, 11) is 2.03. The fraction of sp³-hybridized carbons (Fsp3) is 0.526. The van der Waals surface area contributed by atoms with Crippen LogP contribution < -0.4 is 4.90 Å². The van der Waals surface area contributed by atoms with Crippen LogP contribution in [0.4, 0.5) is 5.69 Å². The molecule has 1 amide bonds. The second-order valence-electron chi connectivity index (χ2n) is 6.64. The highest BCUT2D eigenvalue weighted by Crippen LogP contribution is 2.31. The third-order valence-corrected chi connectivity index (χ3v) is 5.98.